The second kappa shape index (κ2) is 10.0. The summed E-state index contributed by atoms with van der Waals surface area (Å²) in [6.07, 6.45) is 5.10. The van der Waals surface area contributed by atoms with Gasteiger partial charge < -0.3 is 21.4 Å². The number of hydrogen-bond acceptors (Lipinski definition) is 11. The number of pyridine rings is 1. The van der Waals surface area contributed by atoms with E-state index >= 15 is 0 Å². The molecule has 176 valence electrons. The molecule has 0 bridgehead atoms. The fourth-order valence-corrected chi connectivity index (χ4v) is 6.51. The number of oxime groups is 1. The average Bonchev–Trinajstić information content (AvgIpc) is 3.15. The van der Waals surface area contributed by atoms with Crippen LogP contribution in [0.1, 0.15) is 11.3 Å². The molecule has 2 aliphatic rings. The molecule has 0 spiro atoms. The van der Waals surface area contributed by atoms with Gasteiger partial charge in [-0.15, -0.1) is 11.8 Å². The summed E-state index contributed by atoms with van der Waals surface area (Å²) in [4.78, 5) is 46.9. The summed E-state index contributed by atoms with van der Waals surface area (Å²) >= 11 is 9.38. The molecule has 0 saturated carbocycles. The summed E-state index contributed by atoms with van der Waals surface area (Å²) in [5, 5.41) is 25.6. The number of aromatic nitrogens is 2. The predicted molar refractivity (Wildman–Crippen MR) is 130 cm³/mol. The lowest BCUT2D eigenvalue weighted by molar-refractivity contribution is -0.150. The third-order valence-electron chi connectivity index (χ3n) is 4.72. The van der Waals surface area contributed by atoms with Gasteiger partial charge in [0.2, 0.25) is 0 Å². The smallest absolute Gasteiger partial charge is 0.353 e. The van der Waals surface area contributed by atoms with Crippen LogP contribution >= 0.6 is 46.5 Å². The second-order valence-electron chi connectivity index (χ2n) is 6.77. The molecule has 2 amide bonds. The lowest BCUT2D eigenvalue weighted by Crippen LogP contribution is -2.71. The van der Waals surface area contributed by atoms with E-state index in [9.17, 15) is 24.7 Å². The van der Waals surface area contributed by atoms with E-state index in [1.807, 2.05) is 6.07 Å². The van der Waals surface area contributed by atoms with Crippen molar-refractivity contribution in [2.75, 3.05) is 11.5 Å². The highest BCUT2D eigenvalue weighted by molar-refractivity contribution is 8.08. The molecule has 2 aromatic rings. The Labute approximate surface area is 209 Å². The first-order valence-corrected chi connectivity index (χ1v) is 12.5. The molecule has 0 radical (unpaired) electrons. The zero-order valence-electron chi connectivity index (χ0n) is 16.9. The number of nitrogens with zero attached hydrogens (tertiary/aromatic N) is 4. The first-order valence-electron chi connectivity index (χ1n) is 9.41. The minimum Gasteiger partial charge on any atom is -0.477 e. The number of amides is 2. The zero-order chi connectivity index (χ0) is 24.4. The highest BCUT2D eigenvalue weighted by Crippen LogP contribution is 2.43. The normalized spacial score (nSPS) is 20.3. The summed E-state index contributed by atoms with van der Waals surface area (Å²) in [6, 6.07) is 2.62. The fourth-order valence-electron chi connectivity index (χ4n) is 3.22. The maximum atomic E-state index is 12.8. The number of carbonyl (C=O) groups is 3. The summed E-state index contributed by atoms with van der Waals surface area (Å²) in [6.45, 7) is 0. The van der Waals surface area contributed by atoms with Gasteiger partial charge >= 0.3 is 5.97 Å². The van der Waals surface area contributed by atoms with Gasteiger partial charge in [0.1, 0.15) is 27.1 Å². The van der Waals surface area contributed by atoms with E-state index in [1.165, 1.54) is 23.5 Å². The molecule has 11 nitrogen and oxygen atoms in total. The molecule has 2 atom stereocenters. The van der Waals surface area contributed by atoms with Crippen LogP contribution in [-0.2, 0) is 14.4 Å². The first kappa shape index (κ1) is 24.1. The molecule has 4 heterocycles. The van der Waals surface area contributed by atoms with Crippen LogP contribution in [0.3, 0.4) is 0 Å². The van der Waals surface area contributed by atoms with E-state index in [1.54, 1.807) is 29.9 Å². The number of hydrogen-bond donors (Lipinski definition) is 4. The number of halogens is 1. The number of carboxylic acids is 1. The second-order valence-corrected chi connectivity index (χ2v) is 10.5. The number of anilines is 1. The van der Waals surface area contributed by atoms with Gasteiger partial charge in [-0.2, -0.15) is 0 Å². The molecule has 0 aromatic carbocycles. The monoisotopic (exact) mass is 538 g/mol. The molecule has 2 aromatic heterocycles. The summed E-state index contributed by atoms with van der Waals surface area (Å²) in [5.41, 5.74) is 5.66. The Balaban J connectivity index is 1.49. The van der Waals surface area contributed by atoms with Crippen molar-refractivity contribution in [3.8, 4) is 0 Å². The largest absolute Gasteiger partial charge is 0.477 e. The van der Waals surface area contributed by atoms with Crippen LogP contribution in [0.15, 0.2) is 45.7 Å². The number of thiazole rings is 1. The SMILES string of the molecule is Nc1nc(/C(=N/O)C(=O)N[C@@H]2C(=O)N3C(C(=O)O)=C(S/C=C\c4cccnc4)CS[C@@H]23)c(Cl)s1. The van der Waals surface area contributed by atoms with Crippen molar-refractivity contribution in [2.24, 2.45) is 5.16 Å². The van der Waals surface area contributed by atoms with Gasteiger partial charge in [-0.05, 0) is 23.1 Å². The highest BCUT2D eigenvalue weighted by atomic mass is 35.5. The molecule has 4 rings (SSSR count). The van der Waals surface area contributed by atoms with E-state index in [2.05, 4.69) is 20.4 Å². The van der Waals surface area contributed by atoms with E-state index < -0.39 is 34.9 Å². The Morgan fingerprint density at radius 3 is 2.85 bits per heavy atom. The van der Waals surface area contributed by atoms with E-state index in [4.69, 9.17) is 17.3 Å². The van der Waals surface area contributed by atoms with Crippen LogP contribution in [0.25, 0.3) is 6.08 Å². The Morgan fingerprint density at radius 1 is 1.44 bits per heavy atom. The van der Waals surface area contributed by atoms with Crippen LogP contribution in [0, 0.1) is 0 Å². The van der Waals surface area contributed by atoms with E-state index in [0.29, 0.717) is 10.7 Å². The van der Waals surface area contributed by atoms with Crippen molar-refractivity contribution in [3.05, 3.63) is 56.1 Å². The number of β-lactam (4-membered cyclic amide) rings is 1. The molecule has 1 fully saturated rings. The number of fused-ring (bicyclic) bond motifs is 1. The van der Waals surface area contributed by atoms with Crippen molar-refractivity contribution < 1.29 is 24.7 Å². The molecular weight excluding hydrogens is 524 g/mol. The van der Waals surface area contributed by atoms with Gasteiger partial charge in [-0.3, -0.25) is 19.5 Å². The highest BCUT2D eigenvalue weighted by Gasteiger charge is 2.54. The Kier molecular flexibility index (Phi) is 7.11. The Hall–Kier alpha value is -3.07. The fraction of sp³-hybridized carbons (Fsp3) is 0.158. The number of carboxylic acid groups (broad SMARTS) is 1. The van der Waals surface area contributed by atoms with E-state index in [-0.39, 0.29) is 20.9 Å². The quantitative estimate of drug-likeness (QED) is 0.177. The van der Waals surface area contributed by atoms with Gasteiger partial charge in [0, 0.05) is 23.1 Å². The van der Waals surface area contributed by atoms with Crippen LogP contribution in [0.4, 0.5) is 5.13 Å². The van der Waals surface area contributed by atoms with Crippen molar-refractivity contribution in [1.29, 1.82) is 0 Å². The zero-order valence-corrected chi connectivity index (χ0v) is 20.1. The Morgan fingerprint density at radius 2 is 2.24 bits per heavy atom. The van der Waals surface area contributed by atoms with Gasteiger partial charge in [-0.25, -0.2) is 9.78 Å². The summed E-state index contributed by atoms with van der Waals surface area (Å²) in [5.74, 6) is -2.42. The molecule has 34 heavy (non-hydrogen) atoms. The van der Waals surface area contributed by atoms with Crippen molar-refractivity contribution in [2.45, 2.75) is 11.4 Å². The number of nitrogen functional groups attached to an aromatic ring is 1. The molecule has 0 aliphatic carbocycles. The van der Waals surface area contributed by atoms with Gasteiger partial charge in [0.15, 0.2) is 10.8 Å². The van der Waals surface area contributed by atoms with Crippen LogP contribution in [-0.4, -0.2) is 65.8 Å². The molecule has 5 N–H and O–H groups in total. The van der Waals surface area contributed by atoms with Gasteiger partial charge in [-0.1, -0.05) is 45.9 Å². The predicted octanol–water partition coefficient (Wildman–Crippen LogP) is 2.05. The lowest BCUT2D eigenvalue weighted by Gasteiger charge is -2.49. The molecule has 1 saturated heterocycles. The lowest BCUT2D eigenvalue weighted by atomic mass is 10.0. The number of carbonyl (C=O) groups excluding carboxylic acids is 2. The maximum absolute atomic E-state index is 12.8. The van der Waals surface area contributed by atoms with Crippen LogP contribution in [0.5, 0.6) is 0 Å². The maximum Gasteiger partial charge on any atom is 0.353 e. The topological polar surface area (TPSA) is 171 Å². The van der Waals surface area contributed by atoms with E-state index in [0.717, 1.165) is 21.8 Å². The Bertz CT molecular complexity index is 1250. The number of rotatable bonds is 7. The molecule has 2 aliphatic heterocycles. The third-order valence-corrected chi connectivity index (χ3v) is 8.16. The molecule has 0 unspecified atom stereocenters. The van der Waals surface area contributed by atoms with Crippen LogP contribution in [0.2, 0.25) is 4.34 Å². The average molecular weight is 539 g/mol. The summed E-state index contributed by atoms with van der Waals surface area (Å²) in [7, 11) is 0. The molecular formula is C19H15ClN6O5S3. The van der Waals surface area contributed by atoms with Crippen molar-refractivity contribution in [3.63, 3.8) is 0 Å². The first-order chi connectivity index (χ1) is 16.3. The van der Waals surface area contributed by atoms with Gasteiger partial charge in [0.25, 0.3) is 11.8 Å². The standard InChI is InChI=1S/C19H15ClN6O5S3/c20-14-10(24-19(21)34-14)11(25-31)15(27)23-12-16(28)26-13(18(29)30)9(7-33-17(12)26)32-5-3-8-2-1-4-22-6-8/h1-6,12,17,31H,7H2,(H2,21,24)(H,23,27)(H,29,30)/b5-3-,25-11-/t12-,17+/m1/s1. The molecule has 15 heteroatoms. The minimum atomic E-state index is -1.25. The van der Waals surface area contributed by atoms with Crippen molar-refractivity contribution in [1.82, 2.24) is 20.2 Å². The summed E-state index contributed by atoms with van der Waals surface area (Å²) < 4.78 is 0.0474. The minimum absolute atomic E-state index is 0.0474. The number of nitrogens with two attached hydrogens (primary N) is 1. The number of thioether (sulfide) groups is 2. The number of aliphatic carboxylic acids is 1. The van der Waals surface area contributed by atoms with Crippen molar-refractivity contribution >= 4 is 81.2 Å². The third kappa shape index (κ3) is 4.61. The number of nitrogens with one attached hydrogen (secondary N) is 1. The van der Waals surface area contributed by atoms with Gasteiger partial charge in [0.05, 0.1) is 0 Å². The van der Waals surface area contributed by atoms with Crippen LogP contribution < -0.4 is 11.1 Å².